The van der Waals surface area contributed by atoms with E-state index >= 15 is 0 Å². The Bertz CT molecular complexity index is 857. The minimum Gasteiger partial charge on any atom is -0.393 e. The first-order valence-corrected chi connectivity index (χ1v) is 9.52. The molecular formula is C22H27N5. The fraction of sp³-hybridized carbons (Fsp3) is 0.273. The Morgan fingerprint density at radius 1 is 0.778 bits per heavy atom. The molecule has 0 unspecified atom stereocenters. The molecule has 0 aliphatic rings. The Labute approximate surface area is 161 Å². The zero-order valence-corrected chi connectivity index (χ0v) is 16.0. The van der Waals surface area contributed by atoms with Gasteiger partial charge in [-0.1, -0.05) is 44.5 Å². The predicted octanol–water partition coefficient (Wildman–Crippen LogP) is 5.45. The van der Waals surface area contributed by atoms with Gasteiger partial charge >= 0.3 is 0 Å². The number of anilines is 5. The standard InChI is InChI=1S/C22H27N5/c1-3-5-6-17-9-13-19(14-10-17)27-22-20(23)21(24-15-25-22)26-18-11-7-16(4-2)8-12-18/h7-15H,3-6,23H2,1-2H3,(H2,24,25,26,27). The molecule has 0 saturated heterocycles. The highest BCUT2D eigenvalue weighted by atomic mass is 15.1. The maximum absolute atomic E-state index is 6.28. The number of hydrogen-bond acceptors (Lipinski definition) is 5. The van der Waals surface area contributed by atoms with Gasteiger partial charge in [0.1, 0.15) is 12.0 Å². The number of unbranched alkanes of at least 4 members (excludes halogenated alkanes) is 1. The van der Waals surface area contributed by atoms with Gasteiger partial charge in [0.15, 0.2) is 11.6 Å². The number of nitrogens with one attached hydrogen (secondary N) is 2. The number of aromatic nitrogens is 2. The van der Waals surface area contributed by atoms with Crippen LogP contribution in [0.2, 0.25) is 0 Å². The first-order valence-electron chi connectivity index (χ1n) is 9.52. The number of aryl methyl sites for hydroxylation is 2. The molecule has 1 heterocycles. The summed E-state index contributed by atoms with van der Waals surface area (Å²) in [5.74, 6) is 1.19. The van der Waals surface area contributed by atoms with Crippen LogP contribution in [0.25, 0.3) is 0 Å². The lowest BCUT2D eigenvalue weighted by Gasteiger charge is -2.13. The van der Waals surface area contributed by atoms with Crippen LogP contribution < -0.4 is 16.4 Å². The molecule has 0 aliphatic carbocycles. The molecule has 5 heteroatoms. The van der Waals surface area contributed by atoms with Gasteiger partial charge in [-0.15, -0.1) is 0 Å². The predicted molar refractivity (Wildman–Crippen MR) is 114 cm³/mol. The smallest absolute Gasteiger partial charge is 0.159 e. The second kappa shape index (κ2) is 9.03. The van der Waals surface area contributed by atoms with Crippen LogP contribution in [-0.2, 0) is 12.8 Å². The van der Waals surface area contributed by atoms with E-state index in [-0.39, 0.29) is 0 Å². The van der Waals surface area contributed by atoms with Crippen LogP contribution in [0.5, 0.6) is 0 Å². The van der Waals surface area contributed by atoms with E-state index in [1.807, 2.05) is 12.1 Å². The summed E-state index contributed by atoms with van der Waals surface area (Å²) in [6.07, 6.45) is 6.05. The number of nitrogens with zero attached hydrogens (tertiary/aromatic N) is 2. The minimum atomic E-state index is 0.493. The van der Waals surface area contributed by atoms with Gasteiger partial charge in [0.25, 0.3) is 0 Å². The van der Waals surface area contributed by atoms with Crippen molar-refractivity contribution in [1.82, 2.24) is 9.97 Å². The summed E-state index contributed by atoms with van der Waals surface area (Å²) < 4.78 is 0. The fourth-order valence-corrected chi connectivity index (χ4v) is 2.83. The van der Waals surface area contributed by atoms with Crippen molar-refractivity contribution in [3.05, 3.63) is 66.0 Å². The summed E-state index contributed by atoms with van der Waals surface area (Å²) in [4.78, 5) is 8.57. The summed E-state index contributed by atoms with van der Waals surface area (Å²) in [7, 11) is 0. The van der Waals surface area contributed by atoms with Crippen molar-refractivity contribution in [3.8, 4) is 0 Å². The topological polar surface area (TPSA) is 75.9 Å². The Morgan fingerprint density at radius 2 is 1.30 bits per heavy atom. The molecule has 140 valence electrons. The molecular weight excluding hydrogens is 334 g/mol. The van der Waals surface area contributed by atoms with Crippen LogP contribution in [0.1, 0.15) is 37.8 Å². The van der Waals surface area contributed by atoms with E-state index in [1.54, 1.807) is 0 Å². The highest BCUT2D eigenvalue weighted by Crippen LogP contribution is 2.28. The molecule has 0 spiro atoms. The lowest BCUT2D eigenvalue weighted by atomic mass is 10.1. The molecule has 2 aromatic carbocycles. The minimum absolute atomic E-state index is 0.493. The van der Waals surface area contributed by atoms with Crippen LogP contribution in [-0.4, -0.2) is 9.97 Å². The van der Waals surface area contributed by atoms with Gasteiger partial charge < -0.3 is 16.4 Å². The third-order valence-electron chi connectivity index (χ3n) is 4.54. The molecule has 4 N–H and O–H groups in total. The van der Waals surface area contributed by atoms with Gasteiger partial charge in [0.2, 0.25) is 0 Å². The Kier molecular flexibility index (Phi) is 6.26. The summed E-state index contributed by atoms with van der Waals surface area (Å²) in [5.41, 5.74) is 11.3. The van der Waals surface area contributed by atoms with E-state index in [1.165, 1.54) is 30.3 Å². The molecule has 0 atom stereocenters. The highest BCUT2D eigenvalue weighted by molar-refractivity contribution is 5.80. The van der Waals surface area contributed by atoms with Crippen LogP contribution in [0, 0.1) is 0 Å². The molecule has 1 aromatic heterocycles. The summed E-state index contributed by atoms with van der Waals surface area (Å²) in [5, 5.41) is 6.55. The van der Waals surface area contributed by atoms with Crippen LogP contribution in [0.3, 0.4) is 0 Å². The highest BCUT2D eigenvalue weighted by Gasteiger charge is 2.09. The number of nitrogen functional groups attached to an aromatic ring is 1. The van der Waals surface area contributed by atoms with Gasteiger partial charge in [-0.25, -0.2) is 9.97 Å². The SMILES string of the molecule is CCCCc1ccc(Nc2ncnc(Nc3ccc(CC)cc3)c2N)cc1. The van der Waals surface area contributed by atoms with E-state index in [4.69, 9.17) is 5.73 Å². The number of benzene rings is 2. The van der Waals surface area contributed by atoms with Crippen molar-refractivity contribution >= 4 is 28.7 Å². The average molecular weight is 361 g/mol. The summed E-state index contributed by atoms with van der Waals surface area (Å²) in [6.45, 7) is 4.34. The van der Waals surface area contributed by atoms with E-state index in [2.05, 4.69) is 70.8 Å². The third-order valence-corrected chi connectivity index (χ3v) is 4.54. The maximum atomic E-state index is 6.28. The molecule has 27 heavy (non-hydrogen) atoms. The van der Waals surface area contributed by atoms with E-state index in [0.29, 0.717) is 17.3 Å². The van der Waals surface area contributed by atoms with Gasteiger partial charge in [0.05, 0.1) is 0 Å². The molecule has 0 amide bonds. The van der Waals surface area contributed by atoms with Crippen LogP contribution >= 0.6 is 0 Å². The monoisotopic (exact) mass is 361 g/mol. The largest absolute Gasteiger partial charge is 0.393 e. The number of nitrogens with two attached hydrogens (primary N) is 1. The van der Waals surface area contributed by atoms with E-state index in [0.717, 1.165) is 24.2 Å². The quantitative estimate of drug-likeness (QED) is 0.497. The van der Waals surface area contributed by atoms with Crippen molar-refractivity contribution < 1.29 is 0 Å². The molecule has 5 nitrogen and oxygen atoms in total. The van der Waals surface area contributed by atoms with Crippen molar-refractivity contribution in [3.63, 3.8) is 0 Å². The average Bonchev–Trinajstić information content (AvgIpc) is 2.71. The van der Waals surface area contributed by atoms with Gasteiger partial charge in [0, 0.05) is 11.4 Å². The maximum Gasteiger partial charge on any atom is 0.159 e. The number of rotatable bonds is 8. The van der Waals surface area contributed by atoms with Crippen LogP contribution in [0.15, 0.2) is 54.9 Å². The molecule has 0 aliphatic heterocycles. The fourth-order valence-electron chi connectivity index (χ4n) is 2.83. The first-order chi connectivity index (χ1) is 13.2. The Balaban J connectivity index is 1.72. The third kappa shape index (κ3) is 4.97. The van der Waals surface area contributed by atoms with Crippen molar-refractivity contribution in [2.75, 3.05) is 16.4 Å². The van der Waals surface area contributed by atoms with Gasteiger partial charge in [-0.2, -0.15) is 0 Å². The molecule has 0 bridgehead atoms. The number of hydrogen-bond donors (Lipinski definition) is 3. The van der Waals surface area contributed by atoms with Crippen molar-refractivity contribution in [2.45, 2.75) is 39.5 Å². The van der Waals surface area contributed by atoms with Gasteiger partial charge in [-0.3, -0.25) is 0 Å². The molecule has 0 saturated carbocycles. The summed E-state index contributed by atoms with van der Waals surface area (Å²) >= 11 is 0. The van der Waals surface area contributed by atoms with Crippen molar-refractivity contribution in [2.24, 2.45) is 0 Å². The zero-order valence-electron chi connectivity index (χ0n) is 16.0. The van der Waals surface area contributed by atoms with E-state index in [9.17, 15) is 0 Å². The van der Waals surface area contributed by atoms with Gasteiger partial charge in [-0.05, 0) is 54.7 Å². The lowest BCUT2D eigenvalue weighted by Crippen LogP contribution is -2.05. The van der Waals surface area contributed by atoms with E-state index < -0.39 is 0 Å². The second-order valence-electron chi connectivity index (χ2n) is 6.59. The molecule has 3 rings (SSSR count). The first kappa shape index (κ1) is 18.7. The molecule has 0 fully saturated rings. The Hall–Kier alpha value is -3.08. The second-order valence-corrected chi connectivity index (χ2v) is 6.59. The Morgan fingerprint density at radius 3 is 1.78 bits per heavy atom. The normalized spacial score (nSPS) is 10.6. The molecule has 3 aromatic rings. The summed E-state index contributed by atoms with van der Waals surface area (Å²) in [6, 6.07) is 16.7. The van der Waals surface area contributed by atoms with Crippen LogP contribution in [0.4, 0.5) is 28.7 Å². The lowest BCUT2D eigenvalue weighted by molar-refractivity contribution is 0.795. The van der Waals surface area contributed by atoms with Crippen molar-refractivity contribution in [1.29, 1.82) is 0 Å². The zero-order chi connectivity index (χ0) is 19.1. The molecule has 0 radical (unpaired) electrons.